The van der Waals surface area contributed by atoms with Crippen LogP contribution in [-0.2, 0) is 0 Å². The van der Waals surface area contributed by atoms with Crippen molar-refractivity contribution in [1.82, 2.24) is 9.97 Å². The summed E-state index contributed by atoms with van der Waals surface area (Å²) in [5.41, 5.74) is 6.27. The molecule has 2 aromatic heterocycles. The number of rotatable bonds is 0. The van der Waals surface area contributed by atoms with E-state index in [2.05, 4.69) is 9.97 Å². The minimum Gasteiger partial charge on any atom is -0.384 e. The fourth-order valence-corrected chi connectivity index (χ4v) is 1.16. The maximum Gasteiger partial charge on any atom is 0.131 e. The van der Waals surface area contributed by atoms with Gasteiger partial charge in [-0.1, -0.05) is 11.6 Å². The topological polar surface area (TPSA) is 51.8 Å². The normalized spacial score (nSPS) is 10.4. The zero-order valence-corrected chi connectivity index (χ0v) is 6.92. The van der Waals surface area contributed by atoms with Crippen LogP contribution in [0.1, 0.15) is 0 Å². The lowest BCUT2D eigenvalue weighted by molar-refractivity contribution is 1.33. The Morgan fingerprint density at radius 2 is 2.17 bits per heavy atom. The van der Waals surface area contributed by atoms with Gasteiger partial charge in [-0.15, -0.1) is 0 Å². The molecule has 2 rings (SSSR count). The van der Waals surface area contributed by atoms with Crippen molar-refractivity contribution in [2.24, 2.45) is 0 Å². The Morgan fingerprint density at radius 1 is 1.33 bits per heavy atom. The SMILES string of the molecule is Nc1ccc2cnc(Cl)cc2n1. The monoisotopic (exact) mass is 179 g/mol. The number of nitrogens with zero attached hydrogens (tertiary/aromatic N) is 2. The number of fused-ring (bicyclic) bond motifs is 1. The molecule has 0 bridgehead atoms. The van der Waals surface area contributed by atoms with Crippen LogP contribution in [0.2, 0.25) is 5.15 Å². The first-order valence-electron chi connectivity index (χ1n) is 3.43. The van der Waals surface area contributed by atoms with E-state index < -0.39 is 0 Å². The second-order valence-corrected chi connectivity index (χ2v) is 2.82. The lowest BCUT2D eigenvalue weighted by Gasteiger charge is -1.97. The molecule has 0 aliphatic carbocycles. The molecule has 4 heteroatoms. The first kappa shape index (κ1) is 7.31. The average Bonchev–Trinajstić information content (AvgIpc) is 2.03. The van der Waals surface area contributed by atoms with Crippen molar-refractivity contribution >= 4 is 28.3 Å². The van der Waals surface area contributed by atoms with E-state index in [4.69, 9.17) is 17.3 Å². The Morgan fingerprint density at radius 3 is 3.00 bits per heavy atom. The van der Waals surface area contributed by atoms with Gasteiger partial charge in [-0.2, -0.15) is 0 Å². The van der Waals surface area contributed by atoms with Gasteiger partial charge in [0.25, 0.3) is 0 Å². The molecule has 12 heavy (non-hydrogen) atoms. The Balaban J connectivity index is 2.80. The lowest BCUT2D eigenvalue weighted by atomic mass is 10.3. The number of pyridine rings is 2. The van der Waals surface area contributed by atoms with Crippen LogP contribution in [0.15, 0.2) is 24.4 Å². The maximum absolute atomic E-state index is 5.68. The van der Waals surface area contributed by atoms with E-state index in [1.54, 1.807) is 18.3 Å². The van der Waals surface area contributed by atoms with Gasteiger partial charge < -0.3 is 5.73 Å². The molecule has 2 aromatic rings. The fourth-order valence-electron chi connectivity index (χ4n) is 1.01. The zero-order chi connectivity index (χ0) is 8.55. The highest BCUT2D eigenvalue weighted by molar-refractivity contribution is 6.29. The number of aromatic nitrogens is 2. The van der Waals surface area contributed by atoms with Gasteiger partial charge in [0.05, 0.1) is 5.52 Å². The predicted molar refractivity (Wildman–Crippen MR) is 49.0 cm³/mol. The molecule has 0 saturated heterocycles. The van der Waals surface area contributed by atoms with Gasteiger partial charge in [0.15, 0.2) is 0 Å². The molecule has 0 atom stereocenters. The van der Waals surface area contributed by atoms with E-state index in [0.29, 0.717) is 11.0 Å². The number of anilines is 1. The number of nitrogen functional groups attached to an aromatic ring is 1. The summed E-state index contributed by atoms with van der Waals surface area (Å²) in [5.74, 6) is 0.491. The van der Waals surface area contributed by atoms with E-state index >= 15 is 0 Å². The van der Waals surface area contributed by atoms with E-state index in [9.17, 15) is 0 Å². The molecule has 0 fully saturated rings. The first-order valence-corrected chi connectivity index (χ1v) is 3.81. The van der Waals surface area contributed by atoms with Crippen molar-refractivity contribution in [2.75, 3.05) is 5.73 Å². The highest BCUT2D eigenvalue weighted by atomic mass is 35.5. The van der Waals surface area contributed by atoms with Gasteiger partial charge in [-0.05, 0) is 12.1 Å². The first-order chi connectivity index (χ1) is 5.75. The average molecular weight is 180 g/mol. The molecule has 0 amide bonds. The minimum atomic E-state index is 0.431. The predicted octanol–water partition coefficient (Wildman–Crippen LogP) is 1.87. The molecular weight excluding hydrogens is 174 g/mol. The minimum absolute atomic E-state index is 0.431. The molecule has 0 saturated carbocycles. The van der Waals surface area contributed by atoms with Gasteiger partial charge in [-0.25, -0.2) is 9.97 Å². The fraction of sp³-hybridized carbons (Fsp3) is 0. The number of nitrogens with two attached hydrogens (primary N) is 1. The quantitative estimate of drug-likeness (QED) is 0.628. The Bertz CT molecular complexity index is 391. The molecular formula is C8H6ClN3. The van der Waals surface area contributed by atoms with Crippen LogP contribution in [0.5, 0.6) is 0 Å². The third-order valence-electron chi connectivity index (χ3n) is 1.56. The second-order valence-electron chi connectivity index (χ2n) is 2.44. The summed E-state index contributed by atoms with van der Waals surface area (Å²) in [5, 5.41) is 1.37. The summed E-state index contributed by atoms with van der Waals surface area (Å²) in [6, 6.07) is 5.28. The third-order valence-corrected chi connectivity index (χ3v) is 1.77. The van der Waals surface area contributed by atoms with Crippen molar-refractivity contribution in [3.63, 3.8) is 0 Å². The molecule has 0 aromatic carbocycles. The smallest absolute Gasteiger partial charge is 0.131 e. The summed E-state index contributed by atoms with van der Waals surface area (Å²) in [7, 11) is 0. The molecule has 0 radical (unpaired) electrons. The van der Waals surface area contributed by atoms with Gasteiger partial charge in [0.2, 0.25) is 0 Å². The van der Waals surface area contributed by atoms with Gasteiger partial charge in [0.1, 0.15) is 11.0 Å². The van der Waals surface area contributed by atoms with E-state index in [1.807, 2.05) is 6.07 Å². The molecule has 2 N–H and O–H groups in total. The standard InChI is InChI=1S/C8H6ClN3/c9-7-3-6-5(4-11-7)1-2-8(10)12-6/h1-4H,(H2,10,12). The van der Waals surface area contributed by atoms with E-state index in [0.717, 1.165) is 10.9 Å². The molecule has 60 valence electrons. The summed E-state index contributed by atoms with van der Waals surface area (Å²) in [6.45, 7) is 0. The molecule has 0 unspecified atom stereocenters. The summed E-state index contributed by atoms with van der Waals surface area (Å²) in [4.78, 5) is 8.01. The van der Waals surface area contributed by atoms with E-state index in [1.165, 1.54) is 0 Å². The highest BCUT2D eigenvalue weighted by Gasteiger charge is 1.96. The van der Waals surface area contributed by atoms with Crippen LogP contribution in [0.4, 0.5) is 5.82 Å². The number of halogens is 1. The van der Waals surface area contributed by atoms with Crippen molar-refractivity contribution in [3.8, 4) is 0 Å². The van der Waals surface area contributed by atoms with Crippen LogP contribution >= 0.6 is 11.6 Å². The van der Waals surface area contributed by atoms with Gasteiger partial charge >= 0.3 is 0 Å². The Labute approximate surface area is 74.2 Å². The lowest BCUT2D eigenvalue weighted by Crippen LogP contribution is -1.89. The largest absolute Gasteiger partial charge is 0.384 e. The molecule has 3 nitrogen and oxygen atoms in total. The summed E-state index contributed by atoms with van der Waals surface area (Å²) in [6.07, 6.45) is 1.67. The molecule has 2 heterocycles. The van der Waals surface area contributed by atoms with Crippen molar-refractivity contribution in [3.05, 3.63) is 29.5 Å². The summed E-state index contributed by atoms with van der Waals surface area (Å²) < 4.78 is 0. The third kappa shape index (κ3) is 1.19. The Kier molecular flexibility index (Phi) is 1.59. The molecule has 0 aliphatic rings. The molecule has 0 spiro atoms. The van der Waals surface area contributed by atoms with Crippen LogP contribution in [0.25, 0.3) is 10.9 Å². The van der Waals surface area contributed by atoms with Crippen LogP contribution in [0, 0.1) is 0 Å². The van der Waals surface area contributed by atoms with Crippen LogP contribution in [-0.4, -0.2) is 9.97 Å². The van der Waals surface area contributed by atoms with E-state index in [-0.39, 0.29) is 0 Å². The van der Waals surface area contributed by atoms with Crippen molar-refractivity contribution in [1.29, 1.82) is 0 Å². The number of hydrogen-bond donors (Lipinski definition) is 1. The zero-order valence-electron chi connectivity index (χ0n) is 6.16. The maximum atomic E-state index is 5.68. The summed E-state index contributed by atoms with van der Waals surface area (Å²) >= 11 is 5.68. The van der Waals surface area contributed by atoms with Gasteiger partial charge in [0, 0.05) is 17.6 Å². The highest BCUT2D eigenvalue weighted by Crippen LogP contribution is 2.15. The Hall–Kier alpha value is -1.35. The number of hydrogen-bond acceptors (Lipinski definition) is 3. The second kappa shape index (κ2) is 2.60. The van der Waals surface area contributed by atoms with Crippen LogP contribution in [0.3, 0.4) is 0 Å². The van der Waals surface area contributed by atoms with Crippen molar-refractivity contribution < 1.29 is 0 Å². The van der Waals surface area contributed by atoms with Crippen molar-refractivity contribution in [2.45, 2.75) is 0 Å². The van der Waals surface area contributed by atoms with Crippen LogP contribution < -0.4 is 5.73 Å². The molecule has 0 aliphatic heterocycles. The van der Waals surface area contributed by atoms with Gasteiger partial charge in [-0.3, -0.25) is 0 Å².